The first kappa shape index (κ1) is 8.20. The van der Waals surface area contributed by atoms with Crippen LogP contribution in [0.25, 0.3) is 0 Å². The Bertz CT molecular complexity index is 203. The van der Waals surface area contributed by atoms with Gasteiger partial charge in [-0.05, 0) is 18.4 Å². The molecule has 1 fully saturated rings. The number of nitrogens with two attached hydrogens (primary N) is 1. The molecule has 0 spiro atoms. The predicted octanol–water partition coefficient (Wildman–Crippen LogP) is 0.662. The molecule has 0 radical (unpaired) electrons. The highest BCUT2D eigenvalue weighted by atomic mass is 19.1. The van der Waals surface area contributed by atoms with Gasteiger partial charge >= 0.3 is 5.97 Å². The first-order valence-corrected chi connectivity index (χ1v) is 3.41. The monoisotopic (exact) mass is 159 g/mol. The maximum atomic E-state index is 11.9. The number of halogens is 1. The minimum atomic E-state index is -0.936. The normalized spacial score (nSPS) is 34.5. The molecule has 1 aliphatic carbocycles. The van der Waals surface area contributed by atoms with Gasteiger partial charge in [0.25, 0.3) is 0 Å². The third-order valence-corrected chi connectivity index (χ3v) is 1.97. The predicted molar refractivity (Wildman–Crippen MR) is 37.5 cm³/mol. The summed E-state index contributed by atoms with van der Waals surface area (Å²) in [7, 11) is 0. The minimum absolute atomic E-state index is 0.257. The fourth-order valence-corrected chi connectivity index (χ4v) is 1.32. The molecule has 3 nitrogen and oxygen atoms in total. The first-order valence-electron chi connectivity index (χ1n) is 3.41. The number of carbonyl (C=O) groups is 1. The summed E-state index contributed by atoms with van der Waals surface area (Å²) < 4.78 is 11.9. The second-order valence-electron chi connectivity index (χ2n) is 2.78. The van der Waals surface area contributed by atoms with E-state index in [0.29, 0.717) is 18.3 Å². The van der Waals surface area contributed by atoms with E-state index in [-0.39, 0.29) is 6.42 Å². The van der Waals surface area contributed by atoms with Gasteiger partial charge in [-0.15, -0.1) is 0 Å². The Labute approximate surface area is 63.7 Å². The van der Waals surface area contributed by atoms with E-state index in [1.54, 1.807) is 0 Å². The molecule has 0 amide bonds. The molecule has 11 heavy (non-hydrogen) atoms. The smallest absolute Gasteiger partial charge is 0.308 e. The van der Waals surface area contributed by atoms with Crippen LogP contribution in [0.4, 0.5) is 4.39 Å². The van der Waals surface area contributed by atoms with Crippen LogP contribution in [0.2, 0.25) is 0 Å². The summed E-state index contributed by atoms with van der Waals surface area (Å²) in [5, 5.41) is 8.57. The molecule has 3 N–H and O–H groups in total. The topological polar surface area (TPSA) is 63.3 Å². The second-order valence-corrected chi connectivity index (χ2v) is 2.78. The molecule has 0 aromatic carbocycles. The van der Waals surface area contributed by atoms with E-state index in [2.05, 4.69) is 0 Å². The third kappa shape index (κ3) is 1.57. The van der Waals surface area contributed by atoms with Crippen LogP contribution >= 0.6 is 0 Å². The molecule has 62 valence electrons. The molecular weight excluding hydrogens is 149 g/mol. The van der Waals surface area contributed by atoms with Crippen LogP contribution < -0.4 is 5.73 Å². The highest BCUT2D eigenvalue weighted by Crippen LogP contribution is 2.29. The molecule has 0 bridgehead atoms. The van der Waals surface area contributed by atoms with E-state index >= 15 is 0 Å². The lowest BCUT2D eigenvalue weighted by Crippen LogP contribution is -2.30. The van der Waals surface area contributed by atoms with Crippen LogP contribution in [0.15, 0.2) is 11.9 Å². The van der Waals surface area contributed by atoms with Gasteiger partial charge in [-0.3, -0.25) is 4.79 Å². The Morgan fingerprint density at radius 1 is 1.73 bits per heavy atom. The van der Waals surface area contributed by atoms with Gasteiger partial charge in [-0.25, -0.2) is 4.39 Å². The van der Waals surface area contributed by atoms with Gasteiger partial charge in [0, 0.05) is 6.04 Å². The molecule has 1 aliphatic rings. The molecule has 0 heterocycles. The summed E-state index contributed by atoms with van der Waals surface area (Å²) in [5.41, 5.74) is 5.96. The molecule has 2 unspecified atom stereocenters. The summed E-state index contributed by atoms with van der Waals surface area (Å²) in [6, 6.07) is -0.422. The van der Waals surface area contributed by atoms with Crippen LogP contribution in [-0.4, -0.2) is 17.1 Å². The van der Waals surface area contributed by atoms with Crippen molar-refractivity contribution in [2.45, 2.75) is 18.9 Å². The quantitative estimate of drug-likeness (QED) is 0.590. The number of carboxylic acid groups (broad SMARTS) is 1. The maximum absolute atomic E-state index is 11.9. The minimum Gasteiger partial charge on any atom is -0.481 e. The zero-order valence-corrected chi connectivity index (χ0v) is 5.96. The van der Waals surface area contributed by atoms with Crippen molar-refractivity contribution in [2.75, 3.05) is 0 Å². The van der Waals surface area contributed by atoms with Crippen molar-refractivity contribution in [3.05, 3.63) is 11.9 Å². The number of hydrogen-bond acceptors (Lipinski definition) is 2. The summed E-state index contributed by atoms with van der Waals surface area (Å²) in [5.74, 6) is -1.54. The zero-order chi connectivity index (χ0) is 8.43. The highest BCUT2D eigenvalue weighted by Gasteiger charge is 2.33. The average Bonchev–Trinajstić information content (AvgIpc) is 2.30. The fraction of sp³-hybridized carbons (Fsp3) is 0.571. The largest absolute Gasteiger partial charge is 0.481 e. The average molecular weight is 159 g/mol. The molecule has 1 rings (SSSR count). The van der Waals surface area contributed by atoms with Crippen molar-refractivity contribution in [3.8, 4) is 0 Å². The van der Waals surface area contributed by atoms with Crippen molar-refractivity contribution in [2.24, 2.45) is 11.7 Å². The molecule has 0 aliphatic heterocycles. The van der Waals surface area contributed by atoms with E-state index in [4.69, 9.17) is 10.8 Å². The first-order chi connectivity index (χ1) is 5.15. The molecule has 0 aromatic heterocycles. The van der Waals surface area contributed by atoms with Crippen LogP contribution in [0.3, 0.4) is 0 Å². The lowest BCUT2D eigenvalue weighted by molar-refractivity contribution is -0.141. The van der Waals surface area contributed by atoms with Crippen LogP contribution in [0.5, 0.6) is 0 Å². The fourth-order valence-electron chi connectivity index (χ4n) is 1.32. The van der Waals surface area contributed by atoms with E-state index in [1.165, 1.54) is 0 Å². The van der Waals surface area contributed by atoms with Crippen LogP contribution in [0.1, 0.15) is 12.8 Å². The van der Waals surface area contributed by atoms with Crippen LogP contribution in [0, 0.1) is 5.92 Å². The van der Waals surface area contributed by atoms with Gasteiger partial charge < -0.3 is 10.8 Å². The van der Waals surface area contributed by atoms with Gasteiger partial charge in [-0.2, -0.15) is 0 Å². The SMILES string of the molecule is NC1C/C(=C/F)CC1C(=O)O. The molecule has 4 heteroatoms. The van der Waals surface area contributed by atoms with Crippen molar-refractivity contribution in [1.29, 1.82) is 0 Å². The summed E-state index contributed by atoms with van der Waals surface area (Å²) in [6.45, 7) is 0. The van der Waals surface area contributed by atoms with Crippen LogP contribution in [-0.2, 0) is 4.79 Å². The van der Waals surface area contributed by atoms with E-state index < -0.39 is 17.9 Å². The van der Waals surface area contributed by atoms with Crippen molar-refractivity contribution in [3.63, 3.8) is 0 Å². The Morgan fingerprint density at radius 3 is 2.64 bits per heavy atom. The lowest BCUT2D eigenvalue weighted by atomic mass is 10.1. The van der Waals surface area contributed by atoms with Gasteiger partial charge in [0.15, 0.2) is 0 Å². The van der Waals surface area contributed by atoms with E-state index in [9.17, 15) is 9.18 Å². The second kappa shape index (κ2) is 3.00. The van der Waals surface area contributed by atoms with Gasteiger partial charge in [-0.1, -0.05) is 0 Å². The number of rotatable bonds is 1. The molecule has 0 saturated heterocycles. The van der Waals surface area contributed by atoms with Crippen molar-refractivity contribution < 1.29 is 14.3 Å². The standard InChI is InChI=1S/C7H10FNO2/c8-3-4-1-5(7(10)11)6(9)2-4/h3,5-6H,1-2,9H2,(H,10,11)/b4-3+. The molecule has 2 atom stereocenters. The van der Waals surface area contributed by atoms with Gasteiger partial charge in [0.1, 0.15) is 0 Å². The van der Waals surface area contributed by atoms with Gasteiger partial charge in [0.05, 0.1) is 12.2 Å². The Morgan fingerprint density at radius 2 is 2.36 bits per heavy atom. The Kier molecular flexibility index (Phi) is 2.24. The Balaban J connectivity index is 2.66. The maximum Gasteiger partial charge on any atom is 0.308 e. The van der Waals surface area contributed by atoms with E-state index in [1.807, 2.05) is 0 Å². The number of carboxylic acids is 1. The summed E-state index contributed by atoms with van der Waals surface area (Å²) in [4.78, 5) is 10.4. The van der Waals surface area contributed by atoms with Gasteiger partial charge in [0.2, 0.25) is 0 Å². The Hall–Kier alpha value is -0.900. The third-order valence-electron chi connectivity index (χ3n) is 1.97. The molecule has 0 aromatic rings. The lowest BCUT2D eigenvalue weighted by Gasteiger charge is -2.07. The van der Waals surface area contributed by atoms with Crippen molar-refractivity contribution in [1.82, 2.24) is 0 Å². The van der Waals surface area contributed by atoms with Crippen molar-refractivity contribution >= 4 is 5.97 Å². The zero-order valence-electron chi connectivity index (χ0n) is 5.96. The number of aliphatic carboxylic acids is 1. The number of hydrogen-bond donors (Lipinski definition) is 2. The molecule has 1 saturated carbocycles. The highest BCUT2D eigenvalue weighted by molar-refractivity contribution is 5.72. The summed E-state index contributed by atoms with van der Waals surface area (Å²) in [6.07, 6.45) is 1.09. The van der Waals surface area contributed by atoms with E-state index in [0.717, 1.165) is 0 Å². The molecular formula is C7H10FNO2. The summed E-state index contributed by atoms with van der Waals surface area (Å²) >= 11 is 0.